The van der Waals surface area contributed by atoms with Gasteiger partial charge in [0.15, 0.2) is 0 Å². The van der Waals surface area contributed by atoms with Crippen molar-refractivity contribution in [3.8, 4) is 5.75 Å². The Hall–Kier alpha value is -2.08. The second-order valence-electron chi connectivity index (χ2n) is 6.56. The highest BCUT2D eigenvalue weighted by atomic mass is 16.5. The third-order valence-electron chi connectivity index (χ3n) is 4.76. The van der Waals surface area contributed by atoms with Gasteiger partial charge in [-0.1, -0.05) is 18.2 Å². The van der Waals surface area contributed by atoms with Gasteiger partial charge in [0.25, 0.3) is 0 Å². The lowest BCUT2D eigenvalue weighted by Gasteiger charge is -2.42. The first kappa shape index (κ1) is 19.2. The van der Waals surface area contributed by atoms with Crippen molar-refractivity contribution in [2.24, 2.45) is 5.41 Å². The smallest absolute Gasteiger partial charge is 0.306 e. The lowest BCUT2D eigenvalue weighted by molar-refractivity contribution is -0.144. The van der Waals surface area contributed by atoms with E-state index in [1.807, 2.05) is 30.3 Å². The Morgan fingerprint density at radius 3 is 2.68 bits per heavy atom. The Balaban J connectivity index is 1.86. The summed E-state index contributed by atoms with van der Waals surface area (Å²) in [5, 5.41) is 9.93. The summed E-state index contributed by atoms with van der Waals surface area (Å²) < 4.78 is 10.3. The summed E-state index contributed by atoms with van der Waals surface area (Å²) in [7, 11) is 1.32. The van der Waals surface area contributed by atoms with Gasteiger partial charge in [-0.05, 0) is 31.4 Å². The van der Waals surface area contributed by atoms with Gasteiger partial charge in [0, 0.05) is 24.9 Å². The number of carbonyl (C=O) groups excluding carboxylic acids is 2. The monoisotopic (exact) mass is 349 g/mol. The fourth-order valence-corrected chi connectivity index (χ4v) is 3.20. The number of para-hydroxylation sites is 1. The minimum absolute atomic E-state index is 0.0198. The van der Waals surface area contributed by atoms with Crippen LogP contribution in [0.1, 0.15) is 32.1 Å². The molecule has 1 amide bonds. The molecular weight excluding hydrogens is 322 g/mol. The van der Waals surface area contributed by atoms with Crippen molar-refractivity contribution in [1.82, 2.24) is 4.90 Å². The molecule has 1 aliphatic rings. The predicted octanol–water partition coefficient (Wildman–Crippen LogP) is 2.01. The third kappa shape index (κ3) is 5.74. The van der Waals surface area contributed by atoms with Crippen molar-refractivity contribution in [1.29, 1.82) is 0 Å². The molecule has 1 N–H and O–H groups in total. The number of hydrogen-bond donors (Lipinski definition) is 1. The van der Waals surface area contributed by atoms with E-state index >= 15 is 0 Å². The standard InChI is InChI=1S/C19H27NO5/c1-24-18(23)9-8-17(22)20-12-5-10-19(14-20,15-21)11-13-25-16-6-3-2-4-7-16/h2-4,6-7,21H,5,8-15H2,1H3/t19-/m1/s1. The van der Waals surface area contributed by atoms with Crippen molar-refractivity contribution in [2.45, 2.75) is 32.1 Å². The van der Waals surface area contributed by atoms with E-state index in [0.717, 1.165) is 18.6 Å². The average Bonchev–Trinajstić information content (AvgIpc) is 2.66. The van der Waals surface area contributed by atoms with Crippen molar-refractivity contribution in [3.05, 3.63) is 30.3 Å². The molecule has 138 valence electrons. The van der Waals surface area contributed by atoms with Gasteiger partial charge < -0.3 is 19.5 Å². The van der Waals surface area contributed by atoms with Crippen LogP contribution in [0.25, 0.3) is 0 Å². The fourth-order valence-electron chi connectivity index (χ4n) is 3.20. The summed E-state index contributed by atoms with van der Waals surface area (Å²) in [4.78, 5) is 25.3. The molecule has 1 saturated heterocycles. The number of piperidine rings is 1. The van der Waals surface area contributed by atoms with Crippen LogP contribution in [0.2, 0.25) is 0 Å². The normalized spacial score (nSPS) is 20.2. The first-order valence-corrected chi connectivity index (χ1v) is 8.72. The lowest BCUT2D eigenvalue weighted by Crippen LogP contribution is -2.48. The fraction of sp³-hybridized carbons (Fsp3) is 0.579. The van der Waals surface area contributed by atoms with Gasteiger partial charge in [0.05, 0.1) is 26.7 Å². The highest BCUT2D eigenvalue weighted by molar-refractivity contribution is 5.81. The number of benzene rings is 1. The van der Waals surface area contributed by atoms with Crippen molar-refractivity contribution in [3.63, 3.8) is 0 Å². The number of methoxy groups -OCH3 is 1. The average molecular weight is 349 g/mol. The minimum atomic E-state index is -0.380. The molecule has 2 rings (SSSR count). The number of ether oxygens (including phenoxy) is 2. The van der Waals surface area contributed by atoms with Crippen LogP contribution in [-0.4, -0.2) is 55.3 Å². The molecule has 0 unspecified atom stereocenters. The van der Waals surface area contributed by atoms with Gasteiger partial charge in [0.1, 0.15) is 5.75 Å². The summed E-state index contributed by atoms with van der Waals surface area (Å²) in [6.45, 7) is 1.68. The van der Waals surface area contributed by atoms with E-state index in [0.29, 0.717) is 26.1 Å². The zero-order valence-electron chi connectivity index (χ0n) is 14.8. The zero-order chi connectivity index (χ0) is 18.1. The van der Waals surface area contributed by atoms with Crippen LogP contribution in [0.15, 0.2) is 30.3 Å². The predicted molar refractivity (Wildman–Crippen MR) is 93.1 cm³/mol. The number of amides is 1. The Kier molecular flexibility index (Phi) is 7.25. The molecule has 0 bridgehead atoms. The van der Waals surface area contributed by atoms with Crippen molar-refractivity contribution >= 4 is 11.9 Å². The van der Waals surface area contributed by atoms with Crippen molar-refractivity contribution < 1.29 is 24.2 Å². The second kappa shape index (κ2) is 9.42. The van der Waals surface area contributed by atoms with E-state index in [1.54, 1.807) is 4.90 Å². The molecular formula is C19H27NO5. The number of nitrogens with zero attached hydrogens (tertiary/aromatic N) is 1. The molecule has 6 heteroatoms. The molecule has 6 nitrogen and oxygen atoms in total. The highest BCUT2D eigenvalue weighted by Gasteiger charge is 2.36. The van der Waals surface area contributed by atoms with Crippen LogP contribution in [0.3, 0.4) is 0 Å². The summed E-state index contributed by atoms with van der Waals surface area (Å²) in [5.41, 5.74) is -0.339. The van der Waals surface area contributed by atoms with Crippen molar-refractivity contribution in [2.75, 3.05) is 33.4 Å². The summed E-state index contributed by atoms with van der Waals surface area (Å²) in [6.07, 6.45) is 2.63. The number of likely N-dealkylation sites (tertiary alicyclic amines) is 1. The number of aliphatic hydroxyl groups is 1. The van der Waals surface area contributed by atoms with Gasteiger partial charge in [-0.25, -0.2) is 0 Å². The quantitative estimate of drug-likeness (QED) is 0.727. The third-order valence-corrected chi connectivity index (χ3v) is 4.76. The van der Waals surface area contributed by atoms with E-state index in [9.17, 15) is 14.7 Å². The van der Waals surface area contributed by atoms with Crippen LogP contribution < -0.4 is 4.74 Å². The molecule has 1 aliphatic heterocycles. The Morgan fingerprint density at radius 1 is 1.24 bits per heavy atom. The molecule has 0 aliphatic carbocycles. The largest absolute Gasteiger partial charge is 0.494 e. The summed E-state index contributed by atoms with van der Waals surface area (Å²) in [6, 6.07) is 9.56. The van der Waals surface area contributed by atoms with Crippen LogP contribution in [0.5, 0.6) is 5.75 Å². The first-order valence-electron chi connectivity index (χ1n) is 8.72. The Labute approximate surface area is 148 Å². The maximum absolute atomic E-state index is 12.3. The summed E-state index contributed by atoms with van der Waals surface area (Å²) >= 11 is 0. The number of rotatable bonds is 8. The van der Waals surface area contributed by atoms with Gasteiger partial charge in [0.2, 0.25) is 5.91 Å². The first-order chi connectivity index (χ1) is 12.1. The van der Waals surface area contributed by atoms with Gasteiger partial charge in [-0.2, -0.15) is 0 Å². The molecule has 1 fully saturated rings. The van der Waals surface area contributed by atoms with Gasteiger partial charge in [-0.3, -0.25) is 9.59 Å². The van der Waals surface area contributed by atoms with Crippen LogP contribution in [0, 0.1) is 5.41 Å². The van der Waals surface area contributed by atoms with Crippen LogP contribution >= 0.6 is 0 Å². The SMILES string of the molecule is COC(=O)CCC(=O)N1CCC[C@@](CO)(CCOc2ccccc2)C1. The van der Waals surface area contributed by atoms with Gasteiger partial charge in [-0.15, -0.1) is 0 Å². The number of hydrogen-bond acceptors (Lipinski definition) is 5. The van der Waals surface area contributed by atoms with Gasteiger partial charge >= 0.3 is 5.97 Å². The molecule has 0 aromatic heterocycles. The van der Waals surface area contributed by atoms with Crippen LogP contribution in [0.4, 0.5) is 0 Å². The van der Waals surface area contributed by atoms with E-state index in [1.165, 1.54) is 7.11 Å². The molecule has 0 saturated carbocycles. The molecule has 1 heterocycles. The van der Waals surface area contributed by atoms with E-state index in [-0.39, 0.29) is 36.7 Å². The zero-order valence-corrected chi connectivity index (χ0v) is 14.8. The maximum Gasteiger partial charge on any atom is 0.306 e. The lowest BCUT2D eigenvalue weighted by atomic mass is 9.78. The molecule has 1 aromatic rings. The molecule has 1 aromatic carbocycles. The topological polar surface area (TPSA) is 76.1 Å². The Bertz CT molecular complexity index is 562. The number of aliphatic hydroxyl groups excluding tert-OH is 1. The van der Waals surface area contributed by atoms with Crippen LogP contribution in [-0.2, 0) is 14.3 Å². The van der Waals surface area contributed by atoms with E-state index < -0.39 is 0 Å². The Morgan fingerprint density at radius 2 is 2.00 bits per heavy atom. The molecule has 0 radical (unpaired) electrons. The number of carbonyl (C=O) groups is 2. The molecule has 25 heavy (non-hydrogen) atoms. The second-order valence-corrected chi connectivity index (χ2v) is 6.56. The van der Waals surface area contributed by atoms with E-state index in [2.05, 4.69) is 4.74 Å². The van der Waals surface area contributed by atoms with E-state index in [4.69, 9.17) is 4.74 Å². The summed E-state index contributed by atoms with van der Waals surface area (Å²) in [5.74, 6) is 0.361. The minimum Gasteiger partial charge on any atom is -0.494 e. The molecule has 0 spiro atoms. The highest BCUT2D eigenvalue weighted by Crippen LogP contribution is 2.33. The molecule has 1 atom stereocenters. The maximum atomic E-state index is 12.3. The number of esters is 1.